The van der Waals surface area contributed by atoms with E-state index in [-0.39, 0.29) is 0 Å². The van der Waals surface area contributed by atoms with Crippen molar-refractivity contribution in [2.75, 3.05) is 24.5 Å². The van der Waals surface area contributed by atoms with Crippen molar-refractivity contribution in [2.24, 2.45) is 11.8 Å². The van der Waals surface area contributed by atoms with E-state index in [0.717, 1.165) is 26.2 Å². The lowest BCUT2D eigenvalue weighted by atomic mass is 9.99. The SMILES string of the molecule is CC(C)CN(CC(C)C)c1ccc2c(c1)CCNC2. The Morgan fingerprint density at radius 2 is 1.74 bits per heavy atom. The van der Waals surface area contributed by atoms with E-state index in [1.807, 2.05) is 0 Å². The van der Waals surface area contributed by atoms with Crippen molar-refractivity contribution >= 4 is 5.69 Å². The highest BCUT2D eigenvalue weighted by Gasteiger charge is 2.14. The second-order valence-electron chi connectivity index (χ2n) is 6.57. The largest absolute Gasteiger partial charge is 0.371 e. The van der Waals surface area contributed by atoms with E-state index in [0.29, 0.717) is 11.8 Å². The van der Waals surface area contributed by atoms with Crippen LogP contribution in [0.5, 0.6) is 0 Å². The molecule has 0 saturated carbocycles. The Morgan fingerprint density at radius 1 is 1.05 bits per heavy atom. The average molecular weight is 260 g/mol. The molecule has 0 radical (unpaired) electrons. The van der Waals surface area contributed by atoms with Crippen LogP contribution in [0.3, 0.4) is 0 Å². The molecule has 1 aromatic rings. The number of nitrogens with one attached hydrogen (secondary N) is 1. The minimum atomic E-state index is 0.705. The normalized spacial score (nSPS) is 14.8. The Labute approximate surface area is 118 Å². The van der Waals surface area contributed by atoms with Gasteiger partial charge in [-0.1, -0.05) is 33.8 Å². The first-order valence-corrected chi connectivity index (χ1v) is 7.63. The van der Waals surface area contributed by atoms with Crippen molar-refractivity contribution in [3.05, 3.63) is 29.3 Å². The van der Waals surface area contributed by atoms with Crippen molar-refractivity contribution < 1.29 is 0 Å². The number of nitrogens with zero attached hydrogens (tertiary/aromatic N) is 1. The predicted molar refractivity (Wildman–Crippen MR) is 83.7 cm³/mol. The second kappa shape index (κ2) is 6.42. The number of benzene rings is 1. The molecule has 1 N–H and O–H groups in total. The second-order valence-corrected chi connectivity index (χ2v) is 6.57. The molecule has 2 heteroatoms. The first-order valence-electron chi connectivity index (χ1n) is 7.63. The van der Waals surface area contributed by atoms with Crippen LogP contribution in [0, 0.1) is 11.8 Å². The van der Waals surface area contributed by atoms with Gasteiger partial charge in [-0.25, -0.2) is 0 Å². The molecule has 2 rings (SSSR count). The van der Waals surface area contributed by atoms with Crippen molar-refractivity contribution in [2.45, 2.75) is 40.7 Å². The van der Waals surface area contributed by atoms with Crippen LogP contribution in [-0.4, -0.2) is 19.6 Å². The minimum absolute atomic E-state index is 0.705. The van der Waals surface area contributed by atoms with Crippen molar-refractivity contribution in [3.8, 4) is 0 Å². The predicted octanol–water partition coefficient (Wildman–Crippen LogP) is 3.45. The first kappa shape index (κ1) is 14.4. The molecule has 1 aromatic carbocycles. The van der Waals surface area contributed by atoms with Crippen LogP contribution >= 0.6 is 0 Å². The molecule has 106 valence electrons. The van der Waals surface area contributed by atoms with E-state index in [1.165, 1.54) is 23.2 Å². The van der Waals surface area contributed by atoms with Gasteiger partial charge in [-0.3, -0.25) is 0 Å². The molecule has 0 atom stereocenters. The number of hydrogen-bond donors (Lipinski definition) is 1. The standard InChI is InChI=1S/C17H28N2/c1-13(2)11-19(12-14(3)4)17-6-5-16-10-18-8-7-15(16)9-17/h5-6,9,13-14,18H,7-8,10-12H2,1-4H3. The summed E-state index contributed by atoms with van der Waals surface area (Å²) in [5.74, 6) is 1.41. The zero-order chi connectivity index (χ0) is 13.8. The summed E-state index contributed by atoms with van der Waals surface area (Å²) in [7, 11) is 0. The van der Waals surface area contributed by atoms with Crippen molar-refractivity contribution in [1.82, 2.24) is 5.32 Å². The van der Waals surface area contributed by atoms with Gasteiger partial charge in [0.25, 0.3) is 0 Å². The lowest BCUT2D eigenvalue weighted by molar-refractivity contribution is 0.552. The molecule has 1 aliphatic heterocycles. The van der Waals surface area contributed by atoms with Crippen LogP contribution in [-0.2, 0) is 13.0 Å². The Kier molecular flexibility index (Phi) is 4.87. The van der Waals surface area contributed by atoms with E-state index < -0.39 is 0 Å². The number of anilines is 1. The van der Waals surface area contributed by atoms with Gasteiger partial charge in [-0.2, -0.15) is 0 Å². The van der Waals surface area contributed by atoms with E-state index >= 15 is 0 Å². The molecule has 0 bridgehead atoms. The summed E-state index contributed by atoms with van der Waals surface area (Å²) in [6.07, 6.45) is 1.17. The third kappa shape index (κ3) is 3.97. The minimum Gasteiger partial charge on any atom is -0.371 e. The fourth-order valence-electron chi connectivity index (χ4n) is 2.83. The molecule has 0 spiro atoms. The maximum atomic E-state index is 3.44. The summed E-state index contributed by atoms with van der Waals surface area (Å²) < 4.78 is 0. The highest BCUT2D eigenvalue weighted by Crippen LogP contribution is 2.23. The molecular formula is C17H28N2. The monoisotopic (exact) mass is 260 g/mol. The summed E-state index contributed by atoms with van der Waals surface area (Å²) in [6, 6.07) is 7.03. The number of hydrogen-bond acceptors (Lipinski definition) is 2. The van der Waals surface area contributed by atoms with Crippen LogP contribution in [0.2, 0.25) is 0 Å². The van der Waals surface area contributed by atoms with Gasteiger partial charge in [0.05, 0.1) is 0 Å². The molecule has 0 fully saturated rings. The Balaban J connectivity index is 2.20. The molecular weight excluding hydrogens is 232 g/mol. The van der Waals surface area contributed by atoms with Crippen LogP contribution in [0.25, 0.3) is 0 Å². The van der Waals surface area contributed by atoms with Gasteiger partial charge in [0.2, 0.25) is 0 Å². The summed E-state index contributed by atoms with van der Waals surface area (Å²) in [4.78, 5) is 2.55. The Bertz CT molecular complexity index is 400. The van der Waals surface area contributed by atoms with Crippen molar-refractivity contribution in [3.63, 3.8) is 0 Å². The molecule has 0 saturated heterocycles. The molecule has 0 aromatic heterocycles. The fraction of sp³-hybridized carbons (Fsp3) is 0.647. The Hall–Kier alpha value is -1.02. The topological polar surface area (TPSA) is 15.3 Å². The maximum absolute atomic E-state index is 3.44. The quantitative estimate of drug-likeness (QED) is 0.872. The average Bonchev–Trinajstić information content (AvgIpc) is 2.36. The van der Waals surface area contributed by atoms with Crippen LogP contribution in [0.1, 0.15) is 38.8 Å². The smallest absolute Gasteiger partial charge is 0.0369 e. The van der Waals surface area contributed by atoms with Gasteiger partial charge in [0, 0.05) is 25.3 Å². The van der Waals surface area contributed by atoms with Gasteiger partial charge < -0.3 is 10.2 Å². The zero-order valence-electron chi connectivity index (χ0n) is 12.9. The maximum Gasteiger partial charge on any atom is 0.0369 e. The molecule has 0 amide bonds. The molecule has 2 nitrogen and oxygen atoms in total. The summed E-state index contributed by atoms with van der Waals surface area (Å²) >= 11 is 0. The molecule has 0 unspecified atom stereocenters. The molecule has 1 heterocycles. The lowest BCUT2D eigenvalue weighted by Crippen LogP contribution is -2.32. The van der Waals surface area contributed by atoms with Gasteiger partial charge in [-0.15, -0.1) is 0 Å². The molecule has 19 heavy (non-hydrogen) atoms. The van der Waals surface area contributed by atoms with Gasteiger partial charge >= 0.3 is 0 Å². The van der Waals surface area contributed by atoms with Gasteiger partial charge in [-0.05, 0) is 48.1 Å². The van der Waals surface area contributed by atoms with E-state index in [2.05, 4.69) is 56.1 Å². The zero-order valence-corrected chi connectivity index (χ0v) is 12.9. The number of rotatable bonds is 5. The van der Waals surface area contributed by atoms with Crippen LogP contribution in [0.15, 0.2) is 18.2 Å². The fourth-order valence-corrected chi connectivity index (χ4v) is 2.83. The van der Waals surface area contributed by atoms with Crippen LogP contribution < -0.4 is 10.2 Å². The highest BCUT2D eigenvalue weighted by molar-refractivity contribution is 5.51. The van der Waals surface area contributed by atoms with E-state index in [9.17, 15) is 0 Å². The lowest BCUT2D eigenvalue weighted by Gasteiger charge is -2.30. The van der Waals surface area contributed by atoms with E-state index in [4.69, 9.17) is 0 Å². The third-order valence-corrected chi connectivity index (χ3v) is 3.61. The molecule has 0 aliphatic carbocycles. The molecule has 1 aliphatic rings. The summed E-state index contributed by atoms with van der Waals surface area (Å²) in [6.45, 7) is 13.6. The third-order valence-electron chi connectivity index (χ3n) is 3.61. The van der Waals surface area contributed by atoms with Crippen LogP contribution in [0.4, 0.5) is 5.69 Å². The van der Waals surface area contributed by atoms with E-state index in [1.54, 1.807) is 0 Å². The van der Waals surface area contributed by atoms with Crippen molar-refractivity contribution in [1.29, 1.82) is 0 Å². The summed E-state index contributed by atoms with van der Waals surface area (Å²) in [5.41, 5.74) is 4.42. The highest BCUT2D eigenvalue weighted by atomic mass is 15.1. The van der Waals surface area contributed by atoms with Gasteiger partial charge in [0.1, 0.15) is 0 Å². The number of fused-ring (bicyclic) bond motifs is 1. The summed E-state index contributed by atoms with van der Waals surface area (Å²) in [5, 5.41) is 3.44. The van der Waals surface area contributed by atoms with Gasteiger partial charge in [0.15, 0.2) is 0 Å². The first-order chi connectivity index (χ1) is 9.06. The Morgan fingerprint density at radius 3 is 2.37 bits per heavy atom.